The van der Waals surface area contributed by atoms with Crippen molar-refractivity contribution in [3.63, 3.8) is 0 Å². The van der Waals surface area contributed by atoms with E-state index in [4.69, 9.17) is 21.5 Å². The van der Waals surface area contributed by atoms with Crippen LogP contribution in [-0.4, -0.2) is 28.7 Å². The topological polar surface area (TPSA) is 76.0 Å². The normalized spacial score (nSPS) is 16.5. The van der Waals surface area contributed by atoms with Gasteiger partial charge in [-0.2, -0.15) is 0 Å². The Kier molecular flexibility index (Phi) is 4.97. The predicted molar refractivity (Wildman–Crippen MR) is 92.3 cm³/mol. The number of hydrogen-bond donors (Lipinski definition) is 1. The molecular weight excluding hydrogens is 350 g/mol. The summed E-state index contributed by atoms with van der Waals surface area (Å²) in [6.45, 7) is 0. The zero-order valence-electron chi connectivity index (χ0n) is 12.6. The Morgan fingerprint density at radius 3 is 2.62 bits per heavy atom. The highest BCUT2D eigenvalue weighted by Crippen LogP contribution is 2.25. The molecule has 1 aromatic heterocycles. The van der Waals surface area contributed by atoms with Gasteiger partial charge in [-0.25, -0.2) is 4.79 Å². The van der Waals surface area contributed by atoms with Gasteiger partial charge < -0.3 is 9.94 Å². The summed E-state index contributed by atoms with van der Waals surface area (Å²) < 4.78 is 0.603. The van der Waals surface area contributed by atoms with Gasteiger partial charge in [0.25, 0.3) is 0 Å². The van der Waals surface area contributed by atoms with Crippen molar-refractivity contribution in [1.29, 1.82) is 0 Å². The molecule has 3 rings (SSSR count). The van der Waals surface area contributed by atoms with E-state index in [-0.39, 0.29) is 17.5 Å². The van der Waals surface area contributed by atoms with Gasteiger partial charge in [-0.05, 0) is 36.2 Å². The maximum Gasteiger partial charge on any atom is 0.335 e. The lowest BCUT2D eigenvalue weighted by atomic mass is 10.0. The van der Waals surface area contributed by atoms with E-state index < -0.39 is 5.97 Å². The third-order valence-electron chi connectivity index (χ3n) is 3.74. The highest BCUT2D eigenvalue weighted by atomic mass is 35.5. The van der Waals surface area contributed by atoms with Gasteiger partial charge in [-0.1, -0.05) is 28.9 Å². The van der Waals surface area contributed by atoms with E-state index in [9.17, 15) is 9.59 Å². The Bertz CT molecular complexity index is 797. The van der Waals surface area contributed by atoms with Crippen molar-refractivity contribution in [1.82, 2.24) is 0 Å². The lowest BCUT2D eigenvalue weighted by Crippen LogP contribution is -2.11. The number of carbonyl (C=O) groups is 2. The summed E-state index contributed by atoms with van der Waals surface area (Å²) in [7, 11) is 0. The van der Waals surface area contributed by atoms with Crippen molar-refractivity contribution < 1.29 is 19.5 Å². The summed E-state index contributed by atoms with van der Waals surface area (Å²) in [5.74, 6) is -0.911. The molecule has 0 bridgehead atoms. The van der Waals surface area contributed by atoms with E-state index in [1.807, 2.05) is 0 Å². The molecule has 2 heterocycles. The summed E-state index contributed by atoms with van der Waals surface area (Å²) >= 11 is 7.11. The molecule has 124 valence electrons. The van der Waals surface area contributed by atoms with Gasteiger partial charge in [-0.3, -0.25) is 4.79 Å². The molecule has 0 fully saturated rings. The summed E-state index contributed by atoms with van der Waals surface area (Å²) in [6.07, 6.45) is 1.42. The Morgan fingerprint density at radius 1 is 1.25 bits per heavy atom. The lowest BCUT2D eigenvalue weighted by molar-refractivity contribution is 0.0696. The zero-order chi connectivity index (χ0) is 17.1. The highest BCUT2D eigenvalue weighted by molar-refractivity contribution is 7.18. The summed E-state index contributed by atoms with van der Waals surface area (Å²) in [5.41, 5.74) is 1.83. The van der Waals surface area contributed by atoms with Crippen LogP contribution in [0.2, 0.25) is 4.34 Å². The average molecular weight is 364 g/mol. The molecule has 24 heavy (non-hydrogen) atoms. The predicted octanol–water partition coefficient (Wildman–Crippen LogP) is 4.26. The first-order chi connectivity index (χ1) is 11.5. The SMILES string of the molecule is O=C(O)c1ccc(C2=NOC(CCC(=O)c3ccc(Cl)s3)C2)cc1. The zero-order valence-corrected chi connectivity index (χ0v) is 14.1. The van der Waals surface area contributed by atoms with Crippen molar-refractivity contribution in [2.45, 2.75) is 25.4 Å². The number of carboxylic acids is 1. The van der Waals surface area contributed by atoms with Crippen LogP contribution in [0.1, 0.15) is 44.9 Å². The molecule has 5 nitrogen and oxygen atoms in total. The van der Waals surface area contributed by atoms with Crippen LogP contribution in [0.15, 0.2) is 41.6 Å². The fraction of sp³-hybridized carbons (Fsp3) is 0.235. The fourth-order valence-electron chi connectivity index (χ4n) is 2.44. The molecule has 0 aliphatic carbocycles. The molecule has 2 aromatic rings. The largest absolute Gasteiger partial charge is 0.478 e. The molecule has 1 aliphatic heterocycles. The van der Waals surface area contributed by atoms with Gasteiger partial charge in [0.05, 0.1) is 20.5 Å². The molecule has 1 atom stereocenters. The minimum absolute atomic E-state index is 0.0507. The van der Waals surface area contributed by atoms with Crippen molar-refractivity contribution in [2.75, 3.05) is 0 Å². The average Bonchev–Trinajstić information content (AvgIpc) is 3.22. The van der Waals surface area contributed by atoms with Gasteiger partial charge in [0, 0.05) is 12.8 Å². The van der Waals surface area contributed by atoms with Crippen LogP contribution >= 0.6 is 22.9 Å². The Balaban J connectivity index is 1.53. The maximum absolute atomic E-state index is 12.1. The van der Waals surface area contributed by atoms with Crippen LogP contribution in [0.25, 0.3) is 0 Å². The number of aromatic carboxylic acids is 1. The monoisotopic (exact) mass is 363 g/mol. The number of Topliss-reactive ketones (excluding diaryl/α,β-unsaturated/α-hetero) is 1. The van der Waals surface area contributed by atoms with Gasteiger partial charge in [0.2, 0.25) is 0 Å². The van der Waals surface area contributed by atoms with E-state index in [1.165, 1.54) is 23.5 Å². The van der Waals surface area contributed by atoms with Crippen LogP contribution in [0.5, 0.6) is 0 Å². The highest BCUT2D eigenvalue weighted by Gasteiger charge is 2.23. The lowest BCUT2D eigenvalue weighted by Gasteiger charge is -2.06. The number of thiophene rings is 1. The number of halogens is 1. The minimum Gasteiger partial charge on any atom is -0.478 e. The second kappa shape index (κ2) is 7.15. The molecule has 0 amide bonds. The quantitative estimate of drug-likeness (QED) is 0.778. The van der Waals surface area contributed by atoms with Crippen LogP contribution in [0, 0.1) is 0 Å². The molecule has 1 N–H and O–H groups in total. The van der Waals surface area contributed by atoms with Gasteiger partial charge in [0.1, 0.15) is 6.10 Å². The Hall–Kier alpha value is -2.18. The number of carbonyl (C=O) groups excluding carboxylic acids is 1. The van der Waals surface area contributed by atoms with Crippen molar-refractivity contribution >= 4 is 40.4 Å². The number of carboxylic acid groups (broad SMARTS) is 1. The van der Waals surface area contributed by atoms with Crippen molar-refractivity contribution in [3.05, 3.63) is 56.7 Å². The standard InChI is InChI=1S/C17H14ClNO4S/c18-16-8-7-15(24-16)14(20)6-5-12-9-13(19-23-12)10-1-3-11(4-2-10)17(21)22/h1-4,7-8,12H,5-6,9H2,(H,21,22). The van der Waals surface area contributed by atoms with Crippen molar-refractivity contribution in [3.8, 4) is 0 Å². The second-order valence-electron chi connectivity index (χ2n) is 5.42. The van der Waals surface area contributed by atoms with Gasteiger partial charge >= 0.3 is 5.97 Å². The first-order valence-corrected chi connectivity index (χ1v) is 8.57. The van der Waals surface area contributed by atoms with Gasteiger partial charge in [-0.15, -0.1) is 11.3 Å². The summed E-state index contributed by atoms with van der Waals surface area (Å²) in [6, 6.07) is 9.96. The number of rotatable bonds is 6. The molecule has 0 saturated heterocycles. The minimum atomic E-state index is -0.962. The van der Waals surface area contributed by atoms with Crippen molar-refractivity contribution in [2.24, 2.45) is 5.16 Å². The number of hydrogen-bond acceptors (Lipinski definition) is 5. The summed E-state index contributed by atoms with van der Waals surface area (Å²) in [5, 5.41) is 13.0. The Morgan fingerprint density at radius 2 is 2.00 bits per heavy atom. The molecule has 0 radical (unpaired) electrons. The number of benzene rings is 1. The molecule has 1 aliphatic rings. The number of ketones is 1. The molecule has 1 aromatic carbocycles. The summed E-state index contributed by atoms with van der Waals surface area (Å²) in [4.78, 5) is 29.0. The van der Waals surface area contributed by atoms with Crippen LogP contribution in [0.3, 0.4) is 0 Å². The first kappa shape index (κ1) is 16.7. The van der Waals surface area contributed by atoms with Gasteiger partial charge in [0.15, 0.2) is 5.78 Å². The first-order valence-electron chi connectivity index (χ1n) is 7.38. The number of nitrogens with zero attached hydrogens (tertiary/aromatic N) is 1. The van der Waals surface area contributed by atoms with E-state index >= 15 is 0 Å². The van der Waals surface area contributed by atoms with E-state index in [1.54, 1.807) is 24.3 Å². The molecule has 7 heteroatoms. The van der Waals surface area contributed by atoms with E-state index in [2.05, 4.69) is 5.16 Å². The Labute approximate surface area is 147 Å². The van der Waals surface area contributed by atoms with E-state index in [0.717, 1.165) is 11.3 Å². The molecule has 0 saturated carbocycles. The van der Waals surface area contributed by atoms with Crippen LogP contribution in [0.4, 0.5) is 0 Å². The smallest absolute Gasteiger partial charge is 0.335 e. The third-order valence-corrected chi connectivity index (χ3v) is 5.01. The molecule has 1 unspecified atom stereocenters. The van der Waals surface area contributed by atoms with Crippen LogP contribution < -0.4 is 0 Å². The third kappa shape index (κ3) is 3.83. The van der Waals surface area contributed by atoms with E-state index in [0.29, 0.717) is 28.5 Å². The van der Waals surface area contributed by atoms with Crippen LogP contribution in [-0.2, 0) is 4.84 Å². The number of oxime groups is 1. The molecule has 0 spiro atoms. The molecular formula is C17H14ClNO4S. The fourth-order valence-corrected chi connectivity index (χ4v) is 3.45. The maximum atomic E-state index is 12.1. The second-order valence-corrected chi connectivity index (χ2v) is 7.13.